The minimum atomic E-state index is -0.577. The monoisotopic (exact) mass is 361 g/mol. The maximum absolute atomic E-state index is 12.7. The van der Waals surface area contributed by atoms with Crippen molar-refractivity contribution in [1.29, 1.82) is 0 Å². The average molecular weight is 361 g/mol. The number of esters is 1. The lowest BCUT2D eigenvalue weighted by Crippen LogP contribution is -2.15. The van der Waals surface area contributed by atoms with Crippen molar-refractivity contribution in [2.45, 2.75) is 0 Å². The van der Waals surface area contributed by atoms with Crippen LogP contribution in [-0.4, -0.2) is 30.5 Å². The number of nitrogens with one attached hydrogen (secondary N) is 1. The molecule has 0 aliphatic rings. The van der Waals surface area contributed by atoms with Crippen LogP contribution in [0.1, 0.15) is 21.6 Å². The highest BCUT2D eigenvalue weighted by Gasteiger charge is 2.17. The normalized spacial score (nSPS) is 11.1. The summed E-state index contributed by atoms with van der Waals surface area (Å²) in [5.74, 6) is -0.230. The maximum atomic E-state index is 12.7. The fourth-order valence-electron chi connectivity index (χ4n) is 2.61. The minimum absolute atomic E-state index is 0.293. The summed E-state index contributed by atoms with van der Waals surface area (Å²) in [6, 6.07) is 19.9. The second kappa shape index (κ2) is 8.67. The molecule has 3 rings (SSSR count). The number of hydrogen-bond acceptors (Lipinski definition) is 4. The van der Waals surface area contributed by atoms with E-state index in [-0.39, 0.29) is 12.4 Å². The Morgan fingerprint density at radius 1 is 0.963 bits per heavy atom. The first-order valence-corrected chi connectivity index (χ1v) is 8.43. The van der Waals surface area contributed by atoms with Crippen LogP contribution in [0.2, 0.25) is 0 Å². The predicted molar refractivity (Wildman–Crippen MR) is 103 cm³/mol. The van der Waals surface area contributed by atoms with E-state index in [0.717, 1.165) is 5.56 Å². The molecule has 0 saturated carbocycles. The van der Waals surface area contributed by atoms with E-state index < -0.39 is 5.97 Å². The molecule has 0 bridgehead atoms. The van der Waals surface area contributed by atoms with Gasteiger partial charge in [0.15, 0.2) is 6.61 Å². The summed E-state index contributed by atoms with van der Waals surface area (Å²) in [7, 11) is 1.57. The molecule has 1 heterocycles. The number of Topliss-reactive ketones (excluding diaryl/α,β-unsaturated/α-hetero) is 1. The predicted octanol–water partition coefficient (Wildman–Crippen LogP) is 3.99. The van der Waals surface area contributed by atoms with Crippen molar-refractivity contribution < 1.29 is 19.1 Å². The number of ketones is 1. The van der Waals surface area contributed by atoms with Crippen molar-refractivity contribution in [2.24, 2.45) is 0 Å². The van der Waals surface area contributed by atoms with Gasteiger partial charge in [-0.25, -0.2) is 4.79 Å². The number of rotatable bonds is 7. The van der Waals surface area contributed by atoms with E-state index in [1.807, 2.05) is 54.6 Å². The van der Waals surface area contributed by atoms with Gasteiger partial charge in [-0.3, -0.25) is 4.79 Å². The number of hydrogen-bond donors (Lipinski definition) is 1. The van der Waals surface area contributed by atoms with Crippen LogP contribution in [-0.2, 0) is 9.53 Å². The van der Waals surface area contributed by atoms with Gasteiger partial charge >= 0.3 is 5.97 Å². The number of carbonyl (C=O) groups excluding carboxylic acids is 2. The zero-order chi connectivity index (χ0) is 19.1. The summed E-state index contributed by atoms with van der Waals surface area (Å²) in [6.07, 6.45) is 3.35. The molecule has 1 aromatic heterocycles. The highest BCUT2D eigenvalue weighted by atomic mass is 16.5. The molecule has 0 amide bonds. The van der Waals surface area contributed by atoms with Gasteiger partial charge in [0.05, 0.1) is 18.4 Å². The smallest absolute Gasteiger partial charge is 0.339 e. The Bertz CT molecular complexity index is 943. The van der Waals surface area contributed by atoms with Gasteiger partial charge in [-0.1, -0.05) is 48.5 Å². The fourth-order valence-corrected chi connectivity index (χ4v) is 2.61. The molecule has 0 unspecified atom stereocenters. The van der Waals surface area contributed by atoms with Crippen molar-refractivity contribution >= 4 is 23.4 Å². The third-order valence-corrected chi connectivity index (χ3v) is 3.98. The second-order valence-corrected chi connectivity index (χ2v) is 5.75. The summed E-state index contributed by atoms with van der Waals surface area (Å²) >= 11 is 0. The highest BCUT2D eigenvalue weighted by Crippen LogP contribution is 2.25. The van der Waals surface area contributed by atoms with E-state index in [9.17, 15) is 9.59 Å². The van der Waals surface area contributed by atoms with Gasteiger partial charge < -0.3 is 14.5 Å². The molecule has 0 aliphatic carbocycles. The van der Waals surface area contributed by atoms with E-state index in [1.54, 1.807) is 31.5 Å². The maximum Gasteiger partial charge on any atom is 0.339 e. The van der Waals surface area contributed by atoms with Gasteiger partial charge in [0.2, 0.25) is 5.78 Å². The summed E-state index contributed by atoms with van der Waals surface area (Å²) in [4.78, 5) is 27.6. The number of ether oxygens (including phenoxy) is 2. The van der Waals surface area contributed by atoms with Crippen LogP contribution in [0.3, 0.4) is 0 Å². The second-order valence-electron chi connectivity index (χ2n) is 5.75. The number of aromatic nitrogens is 1. The van der Waals surface area contributed by atoms with Crippen LogP contribution in [0, 0.1) is 0 Å². The molecule has 0 spiro atoms. The van der Waals surface area contributed by atoms with Gasteiger partial charge in [0, 0.05) is 11.8 Å². The SMILES string of the molecule is COc1ccccc1/C=C(/C(=O)OCC(=O)c1ccc[nH]1)c1ccccc1. The van der Waals surface area contributed by atoms with Crippen LogP contribution in [0.4, 0.5) is 0 Å². The van der Waals surface area contributed by atoms with Gasteiger partial charge in [-0.2, -0.15) is 0 Å². The molecule has 5 nitrogen and oxygen atoms in total. The molecule has 1 N–H and O–H groups in total. The summed E-state index contributed by atoms with van der Waals surface area (Å²) in [6.45, 7) is -0.338. The molecule has 0 aliphatic heterocycles. The molecule has 0 fully saturated rings. The number of benzene rings is 2. The Labute approximate surface area is 157 Å². The van der Waals surface area contributed by atoms with Crippen LogP contribution in [0.25, 0.3) is 11.6 Å². The zero-order valence-corrected chi connectivity index (χ0v) is 14.8. The van der Waals surface area contributed by atoms with Gasteiger partial charge in [-0.15, -0.1) is 0 Å². The van der Waals surface area contributed by atoms with E-state index >= 15 is 0 Å². The fraction of sp³-hybridized carbons (Fsp3) is 0.0909. The third kappa shape index (κ3) is 4.52. The molecule has 136 valence electrons. The topological polar surface area (TPSA) is 68.4 Å². The molecule has 5 heteroatoms. The largest absolute Gasteiger partial charge is 0.496 e. The number of H-pyrrole nitrogens is 1. The van der Waals surface area contributed by atoms with E-state index in [4.69, 9.17) is 9.47 Å². The first-order chi connectivity index (χ1) is 13.2. The quantitative estimate of drug-likeness (QED) is 0.299. The lowest BCUT2D eigenvalue weighted by Gasteiger charge is -2.10. The number of para-hydroxylation sites is 1. The standard InChI is InChI=1S/C22H19NO4/c1-26-21-12-6-5-10-17(21)14-18(16-8-3-2-4-9-16)22(25)27-15-20(24)19-11-7-13-23-19/h2-14,23H,15H2,1H3/b18-14+. The molecule has 3 aromatic rings. The third-order valence-electron chi connectivity index (χ3n) is 3.98. The van der Waals surface area contributed by atoms with Crippen LogP contribution in [0.15, 0.2) is 72.9 Å². The molecule has 0 radical (unpaired) electrons. The number of carbonyl (C=O) groups is 2. The Morgan fingerprint density at radius 2 is 1.70 bits per heavy atom. The Morgan fingerprint density at radius 3 is 2.41 bits per heavy atom. The first-order valence-electron chi connectivity index (χ1n) is 8.43. The number of methoxy groups -OCH3 is 1. The van der Waals surface area contributed by atoms with E-state index in [0.29, 0.717) is 22.6 Å². The Balaban J connectivity index is 1.87. The van der Waals surface area contributed by atoms with Crippen LogP contribution in [0.5, 0.6) is 5.75 Å². The van der Waals surface area contributed by atoms with Crippen molar-refractivity contribution in [3.05, 3.63) is 89.7 Å². The van der Waals surface area contributed by atoms with Crippen molar-refractivity contribution in [2.75, 3.05) is 13.7 Å². The number of aromatic amines is 1. The van der Waals surface area contributed by atoms with Gasteiger partial charge in [-0.05, 0) is 29.8 Å². The van der Waals surface area contributed by atoms with E-state index in [1.165, 1.54) is 0 Å². The minimum Gasteiger partial charge on any atom is -0.496 e. The summed E-state index contributed by atoms with van der Waals surface area (Å²) in [5, 5.41) is 0. The molecule has 27 heavy (non-hydrogen) atoms. The average Bonchev–Trinajstić information content (AvgIpc) is 3.26. The zero-order valence-electron chi connectivity index (χ0n) is 14.8. The summed E-state index contributed by atoms with van der Waals surface area (Å²) < 4.78 is 10.6. The van der Waals surface area contributed by atoms with Crippen molar-refractivity contribution in [3.8, 4) is 5.75 Å². The lowest BCUT2D eigenvalue weighted by molar-refractivity contribution is -0.135. The van der Waals surface area contributed by atoms with Crippen LogP contribution < -0.4 is 4.74 Å². The molecule has 2 aromatic carbocycles. The lowest BCUT2D eigenvalue weighted by atomic mass is 10.0. The Kier molecular flexibility index (Phi) is 5.84. The van der Waals surface area contributed by atoms with Crippen molar-refractivity contribution in [1.82, 2.24) is 4.98 Å². The van der Waals surface area contributed by atoms with Crippen LogP contribution >= 0.6 is 0 Å². The van der Waals surface area contributed by atoms with Gasteiger partial charge in [0.1, 0.15) is 5.75 Å². The van der Waals surface area contributed by atoms with E-state index in [2.05, 4.69) is 4.98 Å². The molecular weight excluding hydrogens is 342 g/mol. The molecular formula is C22H19NO4. The molecule has 0 saturated heterocycles. The molecule has 0 atom stereocenters. The highest BCUT2D eigenvalue weighted by molar-refractivity contribution is 6.22. The van der Waals surface area contributed by atoms with Gasteiger partial charge in [0.25, 0.3) is 0 Å². The summed E-state index contributed by atoms with van der Waals surface area (Å²) in [5.41, 5.74) is 2.18. The first kappa shape index (κ1) is 18.2. The Hall–Kier alpha value is -3.60. The van der Waals surface area contributed by atoms with Crippen molar-refractivity contribution in [3.63, 3.8) is 0 Å².